The van der Waals surface area contributed by atoms with E-state index in [9.17, 15) is 5.11 Å². The average molecular weight is 261 g/mol. The number of benzene rings is 1. The van der Waals surface area contributed by atoms with Gasteiger partial charge in [0.15, 0.2) is 0 Å². The highest BCUT2D eigenvalue weighted by Gasteiger charge is 2.27. The maximum atomic E-state index is 9.23. The normalized spacial score (nSPS) is 25.3. The predicted molar refractivity (Wildman–Crippen MR) is 80.2 cm³/mol. The molecule has 1 aliphatic rings. The minimum atomic E-state index is 0.351. The molecule has 0 aromatic heterocycles. The van der Waals surface area contributed by atoms with Crippen LogP contribution in [0.25, 0.3) is 0 Å². The van der Waals surface area contributed by atoms with Crippen molar-refractivity contribution in [3.05, 3.63) is 34.9 Å². The Morgan fingerprint density at radius 3 is 2.37 bits per heavy atom. The van der Waals surface area contributed by atoms with E-state index in [1.54, 1.807) is 0 Å². The largest absolute Gasteiger partial charge is 0.396 e. The molecule has 0 amide bonds. The molecule has 0 saturated heterocycles. The molecule has 1 aromatic rings. The Kier molecular flexibility index (Phi) is 5.00. The van der Waals surface area contributed by atoms with Gasteiger partial charge in [-0.3, -0.25) is 0 Å². The molecule has 0 spiro atoms. The first-order chi connectivity index (χ1) is 9.15. The fourth-order valence-corrected chi connectivity index (χ4v) is 3.37. The Bertz CT molecular complexity index is 408. The van der Waals surface area contributed by atoms with Gasteiger partial charge in [-0.05, 0) is 80.5 Å². The van der Waals surface area contributed by atoms with E-state index in [4.69, 9.17) is 5.73 Å². The van der Waals surface area contributed by atoms with Crippen LogP contribution >= 0.6 is 0 Å². The van der Waals surface area contributed by atoms with Crippen molar-refractivity contribution in [2.45, 2.75) is 45.4 Å². The van der Waals surface area contributed by atoms with Crippen molar-refractivity contribution in [1.29, 1.82) is 0 Å². The van der Waals surface area contributed by atoms with E-state index in [-0.39, 0.29) is 0 Å². The molecular formula is C17H27NO. The van der Waals surface area contributed by atoms with Crippen LogP contribution in [-0.4, -0.2) is 18.3 Å². The maximum Gasteiger partial charge on any atom is 0.0459 e. The molecule has 1 aromatic carbocycles. The molecule has 2 rings (SSSR count). The summed E-state index contributed by atoms with van der Waals surface area (Å²) in [5.74, 6) is 1.70. The van der Waals surface area contributed by atoms with E-state index >= 15 is 0 Å². The number of aryl methyl sites for hydroxylation is 2. The molecule has 0 bridgehead atoms. The molecule has 1 saturated carbocycles. The second kappa shape index (κ2) is 6.53. The van der Waals surface area contributed by atoms with Crippen LogP contribution in [0, 0.1) is 25.7 Å². The Morgan fingerprint density at radius 2 is 1.84 bits per heavy atom. The van der Waals surface area contributed by atoms with Crippen molar-refractivity contribution < 1.29 is 5.11 Å². The molecule has 2 heteroatoms. The summed E-state index contributed by atoms with van der Waals surface area (Å²) in [4.78, 5) is 0. The summed E-state index contributed by atoms with van der Waals surface area (Å²) in [6, 6.07) is 6.77. The van der Waals surface area contributed by atoms with E-state index in [0.29, 0.717) is 24.4 Å². The van der Waals surface area contributed by atoms with Crippen LogP contribution in [0.5, 0.6) is 0 Å². The number of aliphatic hydroxyl groups is 1. The van der Waals surface area contributed by atoms with Crippen LogP contribution in [-0.2, 0) is 0 Å². The van der Waals surface area contributed by atoms with Crippen molar-refractivity contribution in [2.75, 3.05) is 13.2 Å². The molecular weight excluding hydrogens is 234 g/mol. The zero-order chi connectivity index (χ0) is 13.8. The fourth-order valence-electron chi connectivity index (χ4n) is 3.37. The lowest BCUT2D eigenvalue weighted by atomic mass is 9.73. The van der Waals surface area contributed by atoms with Crippen LogP contribution < -0.4 is 5.73 Å². The van der Waals surface area contributed by atoms with Crippen LogP contribution in [0.1, 0.15) is 48.3 Å². The van der Waals surface area contributed by atoms with Crippen molar-refractivity contribution in [1.82, 2.24) is 0 Å². The van der Waals surface area contributed by atoms with Gasteiger partial charge in [-0.1, -0.05) is 18.2 Å². The Morgan fingerprint density at radius 1 is 1.16 bits per heavy atom. The van der Waals surface area contributed by atoms with Gasteiger partial charge < -0.3 is 10.8 Å². The van der Waals surface area contributed by atoms with E-state index in [2.05, 4.69) is 32.0 Å². The van der Waals surface area contributed by atoms with Gasteiger partial charge in [-0.15, -0.1) is 0 Å². The first-order valence-corrected chi connectivity index (χ1v) is 7.53. The second-order valence-electron chi connectivity index (χ2n) is 6.15. The minimum Gasteiger partial charge on any atom is -0.396 e. The number of rotatable bonds is 4. The summed E-state index contributed by atoms with van der Waals surface area (Å²) in [6.45, 7) is 5.42. The quantitative estimate of drug-likeness (QED) is 0.874. The zero-order valence-corrected chi connectivity index (χ0v) is 12.2. The molecule has 0 heterocycles. The number of aliphatic hydroxyl groups excluding tert-OH is 1. The Labute approximate surface area is 117 Å². The van der Waals surface area contributed by atoms with Crippen LogP contribution in [0.4, 0.5) is 0 Å². The number of nitrogens with two attached hydrogens (primary N) is 1. The molecule has 19 heavy (non-hydrogen) atoms. The second-order valence-corrected chi connectivity index (χ2v) is 6.15. The molecule has 1 atom stereocenters. The fraction of sp³-hybridized carbons (Fsp3) is 0.647. The summed E-state index contributed by atoms with van der Waals surface area (Å²) in [5.41, 5.74) is 10.2. The van der Waals surface area contributed by atoms with Gasteiger partial charge in [0.05, 0.1) is 0 Å². The molecule has 0 aliphatic heterocycles. The summed E-state index contributed by atoms with van der Waals surface area (Å²) in [6.07, 6.45) is 4.73. The van der Waals surface area contributed by atoms with Gasteiger partial charge in [0.2, 0.25) is 0 Å². The van der Waals surface area contributed by atoms with Gasteiger partial charge in [0.1, 0.15) is 0 Å². The lowest BCUT2D eigenvalue weighted by molar-refractivity contribution is 0.158. The number of hydrogen-bond acceptors (Lipinski definition) is 2. The smallest absolute Gasteiger partial charge is 0.0459 e. The van der Waals surface area contributed by atoms with E-state index in [1.807, 2.05) is 0 Å². The third-order valence-corrected chi connectivity index (χ3v) is 4.93. The van der Waals surface area contributed by atoms with E-state index < -0.39 is 0 Å². The third kappa shape index (κ3) is 3.37. The lowest BCUT2D eigenvalue weighted by Gasteiger charge is -2.33. The highest BCUT2D eigenvalue weighted by Crippen LogP contribution is 2.38. The summed E-state index contributed by atoms with van der Waals surface area (Å²) in [5, 5.41) is 9.23. The van der Waals surface area contributed by atoms with Gasteiger partial charge >= 0.3 is 0 Å². The van der Waals surface area contributed by atoms with Crippen LogP contribution in [0.2, 0.25) is 0 Å². The summed E-state index contributed by atoms with van der Waals surface area (Å²) in [7, 11) is 0. The predicted octanol–water partition coefficient (Wildman–Crippen LogP) is 3.14. The van der Waals surface area contributed by atoms with Crippen molar-refractivity contribution in [2.24, 2.45) is 17.6 Å². The van der Waals surface area contributed by atoms with Gasteiger partial charge in [-0.2, -0.15) is 0 Å². The van der Waals surface area contributed by atoms with Crippen molar-refractivity contribution in [3.8, 4) is 0 Å². The highest BCUT2D eigenvalue weighted by atomic mass is 16.3. The molecule has 1 aliphatic carbocycles. The van der Waals surface area contributed by atoms with Crippen molar-refractivity contribution in [3.63, 3.8) is 0 Å². The lowest BCUT2D eigenvalue weighted by Crippen LogP contribution is -2.27. The van der Waals surface area contributed by atoms with Crippen molar-refractivity contribution >= 4 is 0 Å². The number of hydrogen-bond donors (Lipinski definition) is 2. The van der Waals surface area contributed by atoms with Crippen LogP contribution in [0.15, 0.2) is 18.2 Å². The molecule has 1 unspecified atom stereocenters. The first-order valence-electron chi connectivity index (χ1n) is 7.53. The summed E-state index contributed by atoms with van der Waals surface area (Å²) >= 11 is 0. The molecule has 3 N–H and O–H groups in total. The highest BCUT2D eigenvalue weighted by molar-refractivity contribution is 5.32. The van der Waals surface area contributed by atoms with E-state index in [0.717, 1.165) is 19.4 Å². The van der Waals surface area contributed by atoms with Crippen LogP contribution in [0.3, 0.4) is 0 Å². The Balaban J connectivity index is 2.09. The molecule has 106 valence electrons. The standard InChI is InChI=1S/C17H27NO/c1-12-3-6-16(9-13(12)2)17(10-18)15-7-4-14(11-19)5-8-15/h3,6,9,14-15,17,19H,4-5,7-8,10-11,18H2,1-2H3. The minimum absolute atomic E-state index is 0.351. The summed E-state index contributed by atoms with van der Waals surface area (Å²) < 4.78 is 0. The third-order valence-electron chi connectivity index (χ3n) is 4.93. The monoisotopic (exact) mass is 261 g/mol. The van der Waals surface area contributed by atoms with Gasteiger partial charge in [-0.25, -0.2) is 0 Å². The van der Waals surface area contributed by atoms with Gasteiger partial charge in [0, 0.05) is 6.61 Å². The topological polar surface area (TPSA) is 46.2 Å². The molecule has 1 fully saturated rings. The van der Waals surface area contributed by atoms with E-state index in [1.165, 1.54) is 29.5 Å². The molecule has 2 nitrogen and oxygen atoms in total. The zero-order valence-electron chi connectivity index (χ0n) is 12.2. The first kappa shape index (κ1) is 14.5. The van der Waals surface area contributed by atoms with Gasteiger partial charge in [0.25, 0.3) is 0 Å². The molecule has 0 radical (unpaired) electrons. The maximum absolute atomic E-state index is 9.23. The average Bonchev–Trinajstić information content (AvgIpc) is 2.44. The Hall–Kier alpha value is -0.860. The SMILES string of the molecule is Cc1ccc(C(CN)C2CCC(CO)CC2)cc1C.